The molecule has 0 radical (unpaired) electrons. The van der Waals surface area contributed by atoms with Crippen LogP contribution < -0.4 is 0 Å². The maximum absolute atomic E-state index is 12.1. The fourth-order valence-electron chi connectivity index (χ4n) is 3.78. The number of likely N-dealkylation sites (tertiary alicyclic amines) is 1. The molecule has 1 N–H and O–H groups in total. The predicted molar refractivity (Wildman–Crippen MR) is 77.0 cm³/mol. The molecular weight excluding hydrogens is 238 g/mol. The van der Waals surface area contributed by atoms with E-state index in [0.29, 0.717) is 11.7 Å². The van der Waals surface area contributed by atoms with Gasteiger partial charge in [0.25, 0.3) is 0 Å². The van der Waals surface area contributed by atoms with E-state index in [1.54, 1.807) is 0 Å². The quantitative estimate of drug-likeness (QED) is 0.832. The molecule has 1 aliphatic carbocycles. The number of aliphatic hydroxyl groups excluding tert-OH is 1. The molecule has 0 aromatic heterocycles. The number of nitrogens with zero attached hydrogens (tertiary/aromatic N) is 1. The first-order chi connectivity index (χ1) is 9.10. The number of carbonyl (C=O) groups excluding carboxylic acids is 1. The summed E-state index contributed by atoms with van der Waals surface area (Å²) < 4.78 is 0. The summed E-state index contributed by atoms with van der Waals surface area (Å²) in [5.74, 6) is 1.92. The Labute approximate surface area is 117 Å². The van der Waals surface area contributed by atoms with Crippen molar-refractivity contribution in [1.29, 1.82) is 0 Å². The van der Waals surface area contributed by atoms with Crippen molar-refractivity contribution in [2.45, 2.75) is 58.5 Å². The van der Waals surface area contributed by atoms with Crippen LogP contribution in [0.1, 0.15) is 52.4 Å². The van der Waals surface area contributed by atoms with Crippen LogP contribution in [0.4, 0.5) is 0 Å². The highest BCUT2D eigenvalue weighted by atomic mass is 16.3. The van der Waals surface area contributed by atoms with E-state index >= 15 is 0 Å². The van der Waals surface area contributed by atoms with Gasteiger partial charge in [0.1, 0.15) is 5.78 Å². The van der Waals surface area contributed by atoms with E-state index in [-0.39, 0.29) is 12.0 Å². The summed E-state index contributed by atoms with van der Waals surface area (Å²) in [6.45, 7) is 7.08. The first kappa shape index (κ1) is 15.0. The van der Waals surface area contributed by atoms with Crippen LogP contribution in [0.5, 0.6) is 0 Å². The average molecular weight is 267 g/mol. The minimum Gasteiger partial charge on any atom is -0.393 e. The number of hydrogen-bond donors (Lipinski definition) is 1. The number of hydrogen-bond acceptors (Lipinski definition) is 3. The van der Waals surface area contributed by atoms with Gasteiger partial charge in [0.05, 0.1) is 6.10 Å². The van der Waals surface area contributed by atoms with Crippen molar-refractivity contribution >= 4 is 5.78 Å². The number of ketones is 1. The van der Waals surface area contributed by atoms with Gasteiger partial charge in [-0.15, -0.1) is 0 Å². The number of carbonyl (C=O) groups is 1. The molecule has 2 aliphatic rings. The molecule has 19 heavy (non-hydrogen) atoms. The van der Waals surface area contributed by atoms with E-state index in [1.807, 2.05) is 6.92 Å². The normalized spacial score (nSPS) is 34.7. The number of rotatable bonds is 5. The van der Waals surface area contributed by atoms with Gasteiger partial charge in [-0.25, -0.2) is 0 Å². The third kappa shape index (κ3) is 4.03. The van der Waals surface area contributed by atoms with Gasteiger partial charge in [-0.3, -0.25) is 4.79 Å². The van der Waals surface area contributed by atoms with E-state index in [9.17, 15) is 9.90 Å². The van der Waals surface area contributed by atoms with Crippen LogP contribution in [0, 0.1) is 17.8 Å². The smallest absolute Gasteiger partial charge is 0.137 e. The lowest BCUT2D eigenvalue weighted by Crippen LogP contribution is -2.36. The zero-order valence-electron chi connectivity index (χ0n) is 12.5. The molecule has 4 unspecified atom stereocenters. The molecule has 1 heterocycles. The molecule has 0 spiro atoms. The van der Waals surface area contributed by atoms with Crippen molar-refractivity contribution in [3.8, 4) is 0 Å². The van der Waals surface area contributed by atoms with Crippen LogP contribution in [0.25, 0.3) is 0 Å². The molecule has 0 amide bonds. The molecule has 0 bridgehead atoms. The minimum atomic E-state index is -0.208. The second kappa shape index (κ2) is 6.85. The lowest BCUT2D eigenvalue weighted by atomic mass is 9.78. The number of Topliss-reactive ketones (excluding diaryl/α,β-unsaturated/α-hetero) is 1. The van der Waals surface area contributed by atoms with Crippen LogP contribution in [0.2, 0.25) is 0 Å². The summed E-state index contributed by atoms with van der Waals surface area (Å²) in [5, 5.41) is 9.65. The summed E-state index contributed by atoms with van der Waals surface area (Å²) in [6, 6.07) is 0. The Morgan fingerprint density at radius 1 is 1.42 bits per heavy atom. The van der Waals surface area contributed by atoms with Gasteiger partial charge in [0.15, 0.2) is 0 Å². The zero-order chi connectivity index (χ0) is 13.8. The summed E-state index contributed by atoms with van der Waals surface area (Å²) in [4.78, 5) is 14.5. The molecule has 1 saturated carbocycles. The SMILES string of the molecule is CCCC1CCC(=O)C(CN2CCC(C(C)O)C2)C1. The second-order valence-electron chi connectivity index (χ2n) is 6.64. The summed E-state index contributed by atoms with van der Waals surface area (Å²) >= 11 is 0. The van der Waals surface area contributed by atoms with Gasteiger partial charge < -0.3 is 10.0 Å². The van der Waals surface area contributed by atoms with Gasteiger partial charge in [0, 0.05) is 25.4 Å². The van der Waals surface area contributed by atoms with Crippen molar-refractivity contribution in [3.05, 3.63) is 0 Å². The van der Waals surface area contributed by atoms with Crippen LogP contribution in [0.3, 0.4) is 0 Å². The van der Waals surface area contributed by atoms with E-state index in [2.05, 4.69) is 11.8 Å². The Morgan fingerprint density at radius 2 is 2.21 bits per heavy atom. The Morgan fingerprint density at radius 3 is 2.84 bits per heavy atom. The van der Waals surface area contributed by atoms with Crippen molar-refractivity contribution in [2.75, 3.05) is 19.6 Å². The monoisotopic (exact) mass is 267 g/mol. The van der Waals surface area contributed by atoms with Crippen LogP contribution in [0.15, 0.2) is 0 Å². The molecule has 0 aromatic carbocycles. The first-order valence-electron chi connectivity index (χ1n) is 8.03. The standard InChI is InChI=1S/C16H29NO2/c1-3-4-13-5-6-16(19)15(9-13)11-17-8-7-14(10-17)12(2)18/h12-15,18H,3-11H2,1-2H3. The van der Waals surface area contributed by atoms with E-state index in [0.717, 1.165) is 51.2 Å². The lowest BCUT2D eigenvalue weighted by molar-refractivity contribution is -0.126. The first-order valence-corrected chi connectivity index (χ1v) is 8.03. The largest absolute Gasteiger partial charge is 0.393 e. The molecule has 3 nitrogen and oxygen atoms in total. The fourth-order valence-corrected chi connectivity index (χ4v) is 3.78. The topological polar surface area (TPSA) is 40.5 Å². The third-order valence-corrected chi connectivity index (χ3v) is 5.04. The Kier molecular flexibility index (Phi) is 5.40. The van der Waals surface area contributed by atoms with Gasteiger partial charge in [0.2, 0.25) is 0 Å². The second-order valence-corrected chi connectivity index (χ2v) is 6.64. The van der Waals surface area contributed by atoms with Crippen molar-refractivity contribution < 1.29 is 9.90 Å². The lowest BCUT2D eigenvalue weighted by Gasteiger charge is -2.31. The summed E-state index contributed by atoms with van der Waals surface area (Å²) in [7, 11) is 0. The molecule has 1 aliphatic heterocycles. The highest BCUT2D eigenvalue weighted by molar-refractivity contribution is 5.81. The minimum absolute atomic E-state index is 0.208. The van der Waals surface area contributed by atoms with Crippen LogP contribution in [-0.2, 0) is 4.79 Å². The fraction of sp³-hybridized carbons (Fsp3) is 0.938. The van der Waals surface area contributed by atoms with Crippen molar-refractivity contribution in [1.82, 2.24) is 4.90 Å². The van der Waals surface area contributed by atoms with E-state index in [4.69, 9.17) is 0 Å². The maximum atomic E-state index is 12.1. The Bertz CT molecular complexity index is 303. The van der Waals surface area contributed by atoms with Gasteiger partial charge in [-0.05, 0) is 44.6 Å². The van der Waals surface area contributed by atoms with Crippen molar-refractivity contribution in [2.24, 2.45) is 17.8 Å². The molecule has 110 valence electrons. The maximum Gasteiger partial charge on any atom is 0.137 e. The van der Waals surface area contributed by atoms with Gasteiger partial charge >= 0.3 is 0 Å². The molecule has 2 rings (SSSR count). The van der Waals surface area contributed by atoms with Gasteiger partial charge in [-0.2, -0.15) is 0 Å². The molecule has 0 aromatic rings. The third-order valence-electron chi connectivity index (χ3n) is 5.04. The summed E-state index contributed by atoms with van der Waals surface area (Å²) in [5.41, 5.74) is 0. The molecule has 2 fully saturated rings. The molecule has 4 atom stereocenters. The van der Waals surface area contributed by atoms with Crippen molar-refractivity contribution in [3.63, 3.8) is 0 Å². The highest BCUT2D eigenvalue weighted by Crippen LogP contribution is 2.31. The Hall–Kier alpha value is -0.410. The van der Waals surface area contributed by atoms with Crippen LogP contribution >= 0.6 is 0 Å². The number of aliphatic hydroxyl groups is 1. The zero-order valence-corrected chi connectivity index (χ0v) is 12.5. The molecular formula is C16H29NO2. The molecule has 1 saturated heterocycles. The van der Waals surface area contributed by atoms with E-state index < -0.39 is 0 Å². The summed E-state index contributed by atoms with van der Waals surface area (Å²) in [6.07, 6.45) is 6.39. The predicted octanol–water partition coefficient (Wildman–Crippen LogP) is 2.47. The van der Waals surface area contributed by atoms with E-state index in [1.165, 1.54) is 12.8 Å². The highest BCUT2D eigenvalue weighted by Gasteiger charge is 2.32. The average Bonchev–Trinajstić information content (AvgIpc) is 2.82. The van der Waals surface area contributed by atoms with Gasteiger partial charge in [-0.1, -0.05) is 19.8 Å². The Balaban J connectivity index is 1.82. The molecule has 3 heteroatoms. The van der Waals surface area contributed by atoms with Crippen LogP contribution in [-0.4, -0.2) is 41.5 Å².